The Morgan fingerprint density at radius 1 is 0.926 bits per heavy atom. The Balaban J connectivity index is 1.81. The maximum Gasteiger partial charge on any atom is 0.269 e. The zero-order chi connectivity index (χ0) is 19.8. The zero-order valence-electron chi connectivity index (χ0n) is 14.2. The first-order valence-electron chi connectivity index (χ1n) is 7.68. The van der Waals surface area contributed by atoms with E-state index in [1.807, 2.05) is 0 Å². The average Bonchev–Trinajstić information content (AvgIpc) is 2.65. The summed E-state index contributed by atoms with van der Waals surface area (Å²) in [5, 5.41) is 25.2. The van der Waals surface area contributed by atoms with Crippen molar-refractivity contribution >= 4 is 34.4 Å². The van der Waals surface area contributed by atoms with Gasteiger partial charge >= 0.3 is 0 Å². The van der Waals surface area contributed by atoms with Gasteiger partial charge in [0, 0.05) is 30.0 Å². The summed E-state index contributed by atoms with van der Waals surface area (Å²) in [7, 11) is 0. The molecule has 0 unspecified atom stereocenters. The third-order valence-corrected chi connectivity index (χ3v) is 3.29. The van der Waals surface area contributed by atoms with Gasteiger partial charge in [-0.05, 0) is 31.2 Å². The molecule has 0 saturated carbocycles. The lowest BCUT2D eigenvalue weighted by molar-refractivity contribution is -0.385. The molecule has 2 rings (SSSR count). The van der Waals surface area contributed by atoms with E-state index in [-0.39, 0.29) is 23.7 Å². The number of nitro groups is 2. The zero-order valence-corrected chi connectivity index (χ0v) is 14.2. The molecule has 0 aromatic heterocycles. The second-order valence-electron chi connectivity index (χ2n) is 5.42. The number of nitro benzene ring substituents is 2. The lowest BCUT2D eigenvalue weighted by Crippen LogP contribution is -2.30. The van der Waals surface area contributed by atoms with Crippen LogP contribution in [0.3, 0.4) is 0 Å². The van der Waals surface area contributed by atoms with Gasteiger partial charge in [0.05, 0.1) is 27.6 Å². The van der Waals surface area contributed by atoms with Crippen molar-refractivity contribution in [1.82, 2.24) is 5.43 Å². The summed E-state index contributed by atoms with van der Waals surface area (Å²) in [5.41, 5.74) is 9.25. The molecule has 0 aliphatic rings. The molecule has 0 atom stereocenters. The van der Waals surface area contributed by atoms with Crippen molar-refractivity contribution in [3.8, 4) is 0 Å². The van der Waals surface area contributed by atoms with Crippen LogP contribution in [0.1, 0.15) is 13.3 Å². The van der Waals surface area contributed by atoms with E-state index in [4.69, 9.17) is 0 Å². The van der Waals surface area contributed by atoms with Gasteiger partial charge < -0.3 is 0 Å². The molecule has 3 N–H and O–H groups in total. The summed E-state index contributed by atoms with van der Waals surface area (Å²) < 4.78 is 0. The molecule has 0 fully saturated rings. The van der Waals surface area contributed by atoms with E-state index >= 15 is 0 Å². The van der Waals surface area contributed by atoms with Crippen LogP contribution in [0.25, 0.3) is 0 Å². The highest BCUT2D eigenvalue weighted by Gasteiger charge is 2.07. The third kappa shape index (κ3) is 6.08. The van der Waals surface area contributed by atoms with Gasteiger partial charge in [-0.2, -0.15) is 5.10 Å². The lowest BCUT2D eigenvalue weighted by Gasteiger charge is -2.08. The number of hydrazine groups is 1. The van der Waals surface area contributed by atoms with E-state index < -0.39 is 9.85 Å². The number of hydrogen-bond acceptors (Lipinski definition) is 8. The Morgan fingerprint density at radius 2 is 1.41 bits per heavy atom. The molecule has 0 spiro atoms. The van der Waals surface area contributed by atoms with Crippen molar-refractivity contribution in [1.29, 1.82) is 0 Å². The minimum Gasteiger partial charge on any atom is -0.299 e. The lowest BCUT2D eigenvalue weighted by atomic mass is 10.3. The molecule has 1 amide bonds. The van der Waals surface area contributed by atoms with E-state index in [0.717, 1.165) is 0 Å². The molecule has 11 nitrogen and oxygen atoms in total. The highest BCUT2D eigenvalue weighted by atomic mass is 16.6. The fourth-order valence-electron chi connectivity index (χ4n) is 1.94. The van der Waals surface area contributed by atoms with Crippen LogP contribution in [0.2, 0.25) is 0 Å². The number of nitrogens with one attached hydrogen (secondary N) is 3. The van der Waals surface area contributed by atoms with Gasteiger partial charge in [0.15, 0.2) is 0 Å². The quantitative estimate of drug-likeness (QED) is 0.366. The van der Waals surface area contributed by atoms with E-state index in [1.54, 1.807) is 6.92 Å². The van der Waals surface area contributed by atoms with Crippen LogP contribution in [-0.2, 0) is 4.79 Å². The van der Waals surface area contributed by atoms with Gasteiger partial charge in [0.1, 0.15) is 0 Å². The maximum atomic E-state index is 11.9. The molecular weight excluding hydrogens is 356 g/mol. The second kappa shape index (κ2) is 8.89. The maximum absolute atomic E-state index is 11.9. The fraction of sp³-hybridized carbons (Fsp3) is 0.125. The number of hydrogen-bond donors (Lipinski definition) is 3. The minimum absolute atomic E-state index is 0.0000370. The highest BCUT2D eigenvalue weighted by Crippen LogP contribution is 2.16. The molecule has 140 valence electrons. The number of nitrogens with zero attached hydrogens (tertiary/aromatic N) is 3. The van der Waals surface area contributed by atoms with Crippen LogP contribution in [0, 0.1) is 20.2 Å². The molecule has 2 aromatic carbocycles. The van der Waals surface area contributed by atoms with Crippen molar-refractivity contribution in [2.24, 2.45) is 5.10 Å². The van der Waals surface area contributed by atoms with E-state index in [9.17, 15) is 25.0 Å². The van der Waals surface area contributed by atoms with Crippen LogP contribution in [-0.4, -0.2) is 21.5 Å². The van der Waals surface area contributed by atoms with Gasteiger partial charge in [0.25, 0.3) is 11.4 Å². The summed E-state index contributed by atoms with van der Waals surface area (Å²) >= 11 is 0. The van der Waals surface area contributed by atoms with Crippen molar-refractivity contribution in [3.05, 3.63) is 68.8 Å². The first-order chi connectivity index (χ1) is 12.8. The van der Waals surface area contributed by atoms with Crippen molar-refractivity contribution in [3.63, 3.8) is 0 Å². The van der Waals surface area contributed by atoms with Gasteiger partial charge in [-0.25, -0.2) is 0 Å². The average molecular weight is 372 g/mol. The molecule has 0 heterocycles. The Labute approximate surface area is 153 Å². The molecule has 27 heavy (non-hydrogen) atoms. The molecule has 0 aliphatic heterocycles. The van der Waals surface area contributed by atoms with E-state index in [2.05, 4.69) is 21.4 Å². The Morgan fingerprint density at radius 3 is 1.89 bits per heavy atom. The molecule has 0 bridgehead atoms. The van der Waals surface area contributed by atoms with Crippen molar-refractivity contribution in [2.45, 2.75) is 13.3 Å². The monoisotopic (exact) mass is 372 g/mol. The van der Waals surface area contributed by atoms with Gasteiger partial charge in [0.2, 0.25) is 5.91 Å². The highest BCUT2D eigenvalue weighted by molar-refractivity contribution is 6.00. The van der Waals surface area contributed by atoms with Crippen LogP contribution in [0.15, 0.2) is 53.6 Å². The predicted molar refractivity (Wildman–Crippen MR) is 99.3 cm³/mol. The van der Waals surface area contributed by atoms with Crippen molar-refractivity contribution < 1.29 is 14.6 Å². The van der Waals surface area contributed by atoms with Crippen LogP contribution >= 0.6 is 0 Å². The van der Waals surface area contributed by atoms with Gasteiger partial charge in [-0.1, -0.05) is 0 Å². The molecular formula is C16H16N6O5. The Kier molecular flexibility index (Phi) is 6.36. The number of carbonyl (C=O) groups excluding carboxylic acids is 1. The minimum atomic E-state index is -0.514. The first kappa shape index (κ1) is 19.3. The summed E-state index contributed by atoms with van der Waals surface area (Å²) in [6, 6.07) is 11.3. The van der Waals surface area contributed by atoms with Gasteiger partial charge in [-0.3, -0.25) is 41.3 Å². The Bertz CT molecular complexity index is 864. The number of benzene rings is 2. The predicted octanol–water partition coefficient (Wildman–Crippen LogP) is 2.82. The van der Waals surface area contributed by atoms with Crippen molar-refractivity contribution in [2.75, 3.05) is 10.9 Å². The van der Waals surface area contributed by atoms with Crippen LogP contribution in [0.4, 0.5) is 22.7 Å². The summed E-state index contributed by atoms with van der Waals surface area (Å²) in [5.74, 6) is -0.361. The number of hydrazone groups is 1. The van der Waals surface area contributed by atoms with Crippen LogP contribution < -0.4 is 16.3 Å². The fourth-order valence-corrected chi connectivity index (χ4v) is 1.94. The normalized spacial score (nSPS) is 10.8. The molecule has 0 aliphatic carbocycles. The molecule has 0 saturated heterocycles. The topological polar surface area (TPSA) is 152 Å². The van der Waals surface area contributed by atoms with Crippen LogP contribution in [0.5, 0.6) is 0 Å². The summed E-state index contributed by atoms with van der Waals surface area (Å²) in [6.45, 7) is 1.64. The second-order valence-corrected chi connectivity index (χ2v) is 5.42. The standard InChI is InChI=1S/C16H16N6O5/c1-11(17-18-12-2-6-14(7-3-12)21(24)25)10-16(23)20-19-13-4-8-15(9-5-13)22(26)27/h2-9,18-19H,10H2,1H3,(H,20,23)/b17-11-. The largest absolute Gasteiger partial charge is 0.299 e. The number of rotatable bonds is 8. The molecule has 0 radical (unpaired) electrons. The number of non-ortho nitro benzene ring substituents is 2. The molecule has 2 aromatic rings. The SMILES string of the molecule is C/C(CC(=O)NNc1ccc([N+](=O)[O-])cc1)=N/Nc1ccc([N+](=O)[O-])cc1. The summed E-state index contributed by atoms with van der Waals surface area (Å²) in [4.78, 5) is 32.0. The van der Waals surface area contributed by atoms with Gasteiger partial charge in [-0.15, -0.1) is 0 Å². The first-order valence-corrected chi connectivity index (χ1v) is 7.68. The smallest absolute Gasteiger partial charge is 0.269 e. The Hall–Kier alpha value is -4.02. The molecule has 11 heteroatoms. The number of carbonyl (C=O) groups is 1. The number of anilines is 2. The third-order valence-electron chi connectivity index (χ3n) is 3.29. The number of amides is 1. The van der Waals surface area contributed by atoms with E-state index in [1.165, 1.54) is 48.5 Å². The summed E-state index contributed by atoms with van der Waals surface area (Å²) in [6.07, 6.45) is -0.0000370. The van der Waals surface area contributed by atoms with E-state index in [0.29, 0.717) is 17.1 Å².